The number of carbonyl (C=O) groups is 2. The molecule has 1 N–H and O–H groups in total. The van der Waals surface area contributed by atoms with Crippen LogP contribution in [0.2, 0.25) is 0 Å². The molecule has 1 aromatic rings. The Morgan fingerprint density at radius 2 is 1.89 bits per heavy atom. The second-order valence-corrected chi connectivity index (χ2v) is 5.04. The number of halogens is 1. The van der Waals surface area contributed by atoms with Gasteiger partial charge >= 0.3 is 5.97 Å². The normalized spacial score (nSPS) is 13.8. The average molecular weight is 315 g/mol. The Hall–Kier alpha value is -1.36. The van der Waals surface area contributed by atoms with E-state index in [1.54, 1.807) is 25.1 Å². The molecule has 5 heteroatoms. The fraction of sp³-hybridized carbons (Fsp3) is 0.385. The Bertz CT molecular complexity index is 470. The molecule has 0 fully saturated rings. The van der Waals surface area contributed by atoms with Crippen LogP contribution < -0.4 is 4.74 Å². The van der Waals surface area contributed by atoms with E-state index >= 15 is 0 Å². The van der Waals surface area contributed by atoms with Gasteiger partial charge in [-0.1, -0.05) is 29.8 Å². The van der Waals surface area contributed by atoms with Crippen molar-refractivity contribution in [3.05, 3.63) is 28.2 Å². The summed E-state index contributed by atoms with van der Waals surface area (Å²) >= 11 is 3.28. The molecule has 2 unspecified atom stereocenters. The van der Waals surface area contributed by atoms with Gasteiger partial charge in [0.05, 0.1) is 18.6 Å². The predicted octanol–water partition coefficient (Wildman–Crippen LogP) is 3.00. The van der Waals surface area contributed by atoms with Crippen LogP contribution in [-0.2, 0) is 4.79 Å². The Morgan fingerprint density at radius 1 is 1.28 bits per heavy atom. The lowest BCUT2D eigenvalue weighted by molar-refractivity contribution is -0.142. The number of ketones is 1. The van der Waals surface area contributed by atoms with Gasteiger partial charge in [0, 0.05) is 10.4 Å². The summed E-state index contributed by atoms with van der Waals surface area (Å²) in [5.74, 6) is -2.10. The molecule has 4 nitrogen and oxygen atoms in total. The van der Waals surface area contributed by atoms with Crippen LogP contribution in [0.15, 0.2) is 22.7 Å². The van der Waals surface area contributed by atoms with Gasteiger partial charge in [-0.25, -0.2) is 0 Å². The Morgan fingerprint density at radius 3 is 2.39 bits per heavy atom. The summed E-state index contributed by atoms with van der Waals surface area (Å²) in [6, 6.07) is 5.09. The van der Waals surface area contributed by atoms with Crippen LogP contribution in [0, 0.1) is 11.8 Å². The van der Waals surface area contributed by atoms with E-state index in [9.17, 15) is 9.59 Å². The van der Waals surface area contributed by atoms with Crippen molar-refractivity contribution >= 4 is 27.7 Å². The van der Waals surface area contributed by atoms with E-state index in [0.29, 0.717) is 11.3 Å². The molecule has 18 heavy (non-hydrogen) atoms. The van der Waals surface area contributed by atoms with Gasteiger partial charge in [-0.05, 0) is 18.2 Å². The van der Waals surface area contributed by atoms with E-state index in [4.69, 9.17) is 9.84 Å². The first-order valence-electron chi connectivity index (χ1n) is 5.49. The van der Waals surface area contributed by atoms with Crippen molar-refractivity contribution in [2.24, 2.45) is 11.8 Å². The highest BCUT2D eigenvalue weighted by Gasteiger charge is 2.28. The van der Waals surface area contributed by atoms with E-state index in [0.717, 1.165) is 4.47 Å². The second kappa shape index (κ2) is 6.00. The highest BCUT2D eigenvalue weighted by atomic mass is 79.9. The number of hydrogen-bond donors (Lipinski definition) is 1. The molecule has 0 aromatic heterocycles. The molecule has 0 saturated heterocycles. The SMILES string of the molecule is COc1ccc(Br)cc1C(=O)C(C)C(C)C(=O)O. The minimum absolute atomic E-state index is 0.233. The molecule has 98 valence electrons. The lowest BCUT2D eigenvalue weighted by Crippen LogP contribution is -2.25. The summed E-state index contributed by atoms with van der Waals surface area (Å²) in [4.78, 5) is 23.2. The third-order valence-corrected chi connectivity index (χ3v) is 3.47. The van der Waals surface area contributed by atoms with E-state index in [2.05, 4.69) is 15.9 Å². The van der Waals surface area contributed by atoms with Gasteiger partial charge in [0.25, 0.3) is 0 Å². The average Bonchev–Trinajstić information content (AvgIpc) is 2.35. The number of aliphatic carboxylic acids is 1. The molecule has 1 rings (SSSR count). The quantitative estimate of drug-likeness (QED) is 0.849. The minimum atomic E-state index is -0.982. The highest BCUT2D eigenvalue weighted by Crippen LogP contribution is 2.27. The molecule has 0 aliphatic rings. The summed E-state index contributed by atoms with van der Waals surface area (Å²) in [6.45, 7) is 3.14. The Labute approximate surface area is 114 Å². The lowest BCUT2D eigenvalue weighted by Gasteiger charge is -2.16. The van der Waals surface area contributed by atoms with E-state index in [-0.39, 0.29) is 5.78 Å². The zero-order chi connectivity index (χ0) is 13.9. The number of carboxylic acid groups (broad SMARTS) is 1. The van der Waals surface area contributed by atoms with E-state index in [1.807, 2.05) is 0 Å². The number of ether oxygens (including phenoxy) is 1. The Kier molecular flexibility index (Phi) is 4.90. The van der Waals surface area contributed by atoms with E-state index in [1.165, 1.54) is 14.0 Å². The molecule has 0 bridgehead atoms. The van der Waals surface area contributed by atoms with E-state index < -0.39 is 17.8 Å². The van der Waals surface area contributed by atoms with Crippen molar-refractivity contribution in [1.82, 2.24) is 0 Å². The van der Waals surface area contributed by atoms with Crippen LogP contribution in [0.25, 0.3) is 0 Å². The topological polar surface area (TPSA) is 63.6 Å². The third-order valence-electron chi connectivity index (χ3n) is 2.98. The maximum Gasteiger partial charge on any atom is 0.306 e. The maximum absolute atomic E-state index is 12.3. The summed E-state index contributed by atoms with van der Waals surface area (Å²) < 4.78 is 5.87. The van der Waals surface area contributed by atoms with Crippen molar-refractivity contribution < 1.29 is 19.4 Å². The monoisotopic (exact) mass is 314 g/mol. The van der Waals surface area contributed by atoms with Gasteiger partial charge in [-0.2, -0.15) is 0 Å². The zero-order valence-corrected chi connectivity index (χ0v) is 12.0. The standard InChI is InChI=1S/C13H15BrO4/c1-7(8(2)13(16)17)12(15)10-6-9(14)4-5-11(10)18-3/h4-8H,1-3H3,(H,16,17). The zero-order valence-electron chi connectivity index (χ0n) is 10.4. The van der Waals surface area contributed by atoms with Crippen LogP contribution in [0.3, 0.4) is 0 Å². The maximum atomic E-state index is 12.3. The number of methoxy groups -OCH3 is 1. The first kappa shape index (κ1) is 14.7. The van der Waals surface area contributed by atoms with Crippen molar-refractivity contribution in [3.63, 3.8) is 0 Å². The first-order chi connectivity index (χ1) is 8.38. The lowest BCUT2D eigenvalue weighted by atomic mass is 9.88. The molecular formula is C13H15BrO4. The summed E-state index contributed by atoms with van der Waals surface area (Å²) in [7, 11) is 1.48. The van der Waals surface area contributed by atoms with Gasteiger partial charge in [-0.3, -0.25) is 9.59 Å². The fourth-order valence-corrected chi connectivity index (χ4v) is 1.92. The fourth-order valence-electron chi connectivity index (χ4n) is 1.56. The number of Topliss-reactive ketones (excluding diaryl/α,β-unsaturated/α-hetero) is 1. The third kappa shape index (κ3) is 3.10. The van der Waals surface area contributed by atoms with Gasteiger partial charge in [-0.15, -0.1) is 0 Å². The van der Waals surface area contributed by atoms with Gasteiger partial charge < -0.3 is 9.84 Å². The smallest absolute Gasteiger partial charge is 0.306 e. The number of carboxylic acids is 1. The molecule has 0 spiro atoms. The molecule has 1 aromatic carbocycles. The van der Waals surface area contributed by atoms with Gasteiger partial charge in [0.1, 0.15) is 5.75 Å². The van der Waals surface area contributed by atoms with Gasteiger partial charge in [0.2, 0.25) is 0 Å². The first-order valence-corrected chi connectivity index (χ1v) is 6.28. The van der Waals surface area contributed by atoms with Crippen molar-refractivity contribution in [1.29, 1.82) is 0 Å². The molecule has 0 aliphatic carbocycles. The molecule has 0 aliphatic heterocycles. The Balaban J connectivity index is 3.10. The number of carbonyl (C=O) groups excluding carboxylic acids is 1. The largest absolute Gasteiger partial charge is 0.496 e. The van der Waals surface area contributed by atoms with Crippen molar-refractivity contribution in [2.45, 2.75) is 13.8 Å². The van der Waals surface area contributed by atoms with Crippen LogP contribution in [0.1, 0.15) is 24.2 Å². The van der Waals surface area contributed by atoms with Crippen LogP contribution in [0.4, 0.5) is 0 Å². The minimum Gasteiger partial charge on any atom is -0.496 e. The number of rotatable bonds is 5. The molecular weight excluding hydrogens is 300 g/mol. The molecule has 0 heterocycles. The van der Waals surface area contributed by atoms with Crippen LogP contribution >= 0.6 is 15.9 Å². The number of hydrogen-bond acceptors (Lipinski definition) is 3. The molecule has 2 atom stereocenters. The molecule has 0 saturated carbocycles. The summed E-state index contributed by atoms with van der Waals surface area (Å²) in [5, 5.41) is 8.94. The summed E-state index contributed by atoms with van der Waals surface area (Å²) in [6.07, 6.45) is 0. The van der Waals surface area contributed by atoms with Gasteiger partial charge in [0.15, 0.2) is 5.78 Å². The summed E-state index contributed by atoms with van der Waals surface area (Å²) in [5.41, 5.74) is 0.396. The van der Waals surface area contributed by atoms with Crippen molar-refractivity contribution in [2.75, 3.05) is 7.11 Å². The van der Waals surface area contributed by atoms with Crippen molar-refractivity contribution in [3.8, 4) is 5.75 Å². The highest BCUT2D eigenvalue weighted by molar-refractivity contribution is 9.10. The van der Waals surface area contributed by atoms with Crippen LogP contribution in [-0.4, -0.2) is 24.0 Å². The number of benzene rings is 1. The molecule has 0 radical (unpaired) electrons. The second-order valence-electron chi connectivity index (χ2n) is 4.12. The molecule has 0 amide bonds. The van der Waals surface area contributed by atoms with Crippen LogP contribution in [0.5, 0.6) is 5.75 Å². The predicted molar refractivity (Wildman–Crippen MR) is 71.0 cm³/mol.